The van der Waals surface area contributed by atoms with Crippen LogP contribution in [0, 0.1) is 12.8 Å². The van der Waals surface area contributed by atoms with E-state index in [1.165, 1.54) is 5.57 Å². The maximum atomic E-state index is 6.04. The van der Waals surface area contributed by atoms with Gasteiger partial charge in [0, 0.05) is 30.1 Å². The van der Waals surface area contributed by atoms with Crippen LogP contribution in [-0.4, -0.2) is 26.7 Å². The number of aromatic nitrogens is 4. The van der Waals surface area contributed by atoms with E-state index in [4.69, 9.17) is 9.72 Å². The number of pyridine rings is 2. The average molecular weight is 494 g/mol. The van der Waals surface area contributed by atoms with Crippen molar-refractivity contribution >= 4 is 10.8 Å². The van der Waals surface area contributed by atoms with Crippen molar-refractivity contribution in [2.24, 2.45) is 0 Å². The quantitative estimate of drug-likeness (QED) is 0.210. The first kappa shape index (κ1) is 28.9. The summed E-state index contributed by atoms with van der Waals surface area (Å²) in [4.78, 5) is 9.13. The highest BCUT2D eigenvalue weighted by molar-refractivity contribution is 5.96. The number of nitrogens with zero attached hydrogens (tertiary/aromatic N) is 4. The minimum absolute atomic E-state index is 0.324. The highest BCUT2D eigenvalue weighted by atomic mass is 16.5. The predicted octanol–water partition coefficient (Wildman–Crippen LogP) is 6.55. The zero-order valence-corrected chi connectivity index (χ0v) is 21.9. The molecule has 190 valence electrons. The molecular formula is C31H35N5O. The zero-order valence-electron chi connectivity index (χ0n) is 21.9. The average Bonchev–Trinajstić information content (AvgIpc) is 2.96. The number of nitrogens with one attached hydrogen (secondary N) is 1. The van der Waals surface area contributed by atoms with Crippen molar-refractivity contribution < 1.29 is 4.74 Å². The molecule has 0 radical (unpaired) electrons. The molecule has 0 fully saturated rings. The Morgan fingerprint density at radius 3 is 2.32 bits per heavy atom. The van der Waals surface area contributed by atoms with E-state index in [0.29, 0.717) is 19.0 Å². The summed E-state index contributed by atoms with van der Waals surface area (Å²) in [5.41, 5.74) is 4.76. The van der Waals surface area contributed by atoms with E-state index >= 15 is 0 Å². The molecule has 0 saturated carbocycles. The summed E-state index contributed by atoms with van der Waals surface area (Å²) in [5.74, 6) is 0.492. The van der Waals surface area contributed by atoms with Crippen molar-refractivity contribution in [3.8, 4) is 30.1 Å². The molecule has 0 amide bonds. The SMILES string of the molecule is C#C.C/C=C(\CC)CNCc1cccc(COc2nnc(-c3ccccn3)c3ccccc23)n1.C=CC. The van der Waals surface area contributed by atoms with Crippen molar-refractivity contribution in [3.05, 3.63) is 103 Å². The van der Waals surface area contributed by atoms with Gasteiger partial charge in [-0.25, -0.2) is 0 Å². The first-order valence-electron chi connectivity index (χ1n) is 12.2. The Morgan fingerprint density at radius 1 is 0.946 bits per heavy atom. The van der Waals surface area contributed by atoms with E-state index < -0.39 is 0 Å². The fourth-order valence-electron chi connectivity index (χ4n) is 3.51. The van der Waals surface area contributed by atoms with Gasteiger partial charge in [-0.3, -0.25) is 9.97 Å². The Bertz CT molecular complexity index is 1300. The molecule has 4 aromatic rings. The topological polar surface area (TPSA) is 72.8 Å². The summed E-state index contributed by atoms with van der Waals surface area (Å²) in [6, 6.07) is 19.7. The monoisotopic (exact) mass is 493 g/mol. The molecule has 0 saturated heterocycles. The lowest BCUT2D eigenvalue weighted by atomic mass is 10.1. The smallest absolute Gasteiger partial charge is 0.241 e. The molecule has 4 rings (SSSR count). The molecule has 0 bridgehead atoms. The molecule has 6 heteroatoms. The summed E-state index contributed by atoms with van der Waals surface area (Å²) < 4.78 is 6.04. The molecule has 3 heterocycles. The molecule has 1 N–H and O–H groups in total. The van der Waals surface area contributed by atoms with Crippen LogP contribution in [0.2, 0.25) is 0 Å². The lowest BCUT2D eigenvalue weighted by Gasteiger charge is -2.11. The summed E-state index contributed by atoms with van der Waals surface area (Å²) in [5, 5.41) is 14.1. The van der Waals surface area contributed by atoms with Gasteiger partial charge < -0.3 is 10.1 Å². The third-order valence-corrected chi connectivity index (χ3v) is 5.30. The third-order valence-electron chi connectivity index (χ3n) is 5.30. The molecule has 3 aromatic heterocycles. The number of allylic oxidation sites excluding steroid dienone is 2. The van der Waals surface area contributed by atoms with Crippen LogP contribution in [-0.2, 0) is 13.2 Å². The second-order valence-electron chi connectivity index (χ2n) is 7.84. The molecule has 0 aliphatic carbocycles. The number of terminal acetylenes is 1. The van der Waals surface area contributed by atoms with Crippen molar-refractivity contribution in [1.82, 2.24) is 25.5 Å². The molecule has 0 unspecified atom stereocenters. The first-order valence-corrected chi connectivity index (χ1v) is 12.2. The van der Waals surface area contributed by atoms with Crippen LogP contribution in [0.4, 0.5) is 0 Å². The number of ether oxygens (including phenoxy) is 1. The lowest BCUT2D eigenvalue weighted by molar-refractivity contribution is 0.289. The molecule has 37 heavy (non-hydrogen) atoms. The van der Waals surface area contributed by atoms with Crippen LogP contribution in [0.3, 0.4) is 0 Å². The summed E-state index contributed by atoms with van der Waals surface area (Å²) in [7, 11) is 0. The molecule has 0 spiro atoms. The summed E-state index contributed by atoms with van der Waals surface area (Å²) >= 11 is 0. The maximum Gasteiger partial charge on any atom is 0.241 e. The molecule has 0 atom stereocenters. The van der Waals surface area contributed by atoms with Crippen LogP contribution in [0.25, 0.3) is 22.2 Å². The van der Waals surface area contributed by atoms with Crippen LogP contribution in [0.1, 0.15) is 38.6 Å². The Kier molecular flexibility index (Phi) is 12.8. The van der Waals surface area contributed by atoms with E-state index in [1.807, 2.05) is 67.6 Å². The van der Waals surface area contributed by atoms with Gasteiger partial charge in [0.2, 0.25) is 5.88 Å². The molecule has 1 aromatic carbocycles. The van der Waals surface area contributed by atoms with Gasteiger partial charge in [-0.15, -0.1) is 29.6 Å². The Morgan fingerprint density at radius 2 is 1.65 bits per heavy atom. The largest absolute Gasteiger partial charge is 0.470 e. The Balaban J connectivity index is 0.000000898. The fraction of sp³-hybridized carbons (Fsp3) is 0.226. The third kappa shape index (κ3) is 8.68. The lowest BCUT2D eigenvalue weighted by Crippen LogP contribution is -2.17. The van der Waals surface area contributed by atoms with Crippen LogP contribution in [0.15, 0.2) is 91.2 Å². The van der Waals surface area contributed by atoms with Crippen LogP contribution >= 0.6 is 0 Å². The van der Waals surface area contributed by atoms with Gasteiger partial charge in [0.1, 0.15) is 12.3 Å². The zero-order chi connectivity index (χ0) is 26.9. The second-order valence-corrected chi connectivity index (χ2v) is 7.84. The van der Waals surface area contributed by atoms with Gasteiger partial charge in [0.25, 0.3) is 0 Å². The minimum atomic E-state index is 0.324. The summed E-state index contributed by atoms with van der Waals surface area (Å²) in [6.45, 7) is 11.4. The molecule has 0 aliphatic heterocycles. The number of hydrogen-bond donors (Lipinski definition) is 1. The van der Waals surface area contributed by atoms with E-state index in [9.17, 15) is 0 Å². The molecule has 0 aliphatic rings. The van der Waals surface area contributed by atoms with Gasteiger partial charge in [0.15, 0.2) is 0 Å². The van der Waals surface area contributed by atoms with E-state index in [2.05, 4.69) is 59.8 Å². The number of rotatable bonds is 9. The highest BCUT2D eigenvalue weighted by Crippen LogP contribution is 2.29. The minimum Gasteiger partial charge on any atom is -0.470 e. The highest BCUT2D eigenvalue weighted by Gasteiger charge is 2.13. The number of fused-ring (bicyclic) bond motifs is 1. The van der Waals surface area contributed by atoms with E-state index in [0.717, 1.165) is 46.5 Å². The predicted molar refractivity (Wildman–Crippen MR) is 153 cm³/mol. The van der Waals surface area contributed by atoms with Crippen molar-refractivity contribution in [3.63, 3.8) is 0 Å². The molecular weight excluding hydrogens is 458 g/mol. The van der Waals surface area contributed by atoms with Gasteiger partial charge >= 0.3 is 0 Å². The first-order chi connectivity index (χ1) is 18.2. The van der Waals surface area contributed by atoms with Crippen molar-refractivity contribution in [1.29, 1.82) is 0 Å². The molecule has 6 nitrogen and oxygen atoms in total. The maximum absolute atomic E-state index is 6.04. The number of benzene rings is 1. The normalized spacial score (nSPS) is 10.5. The van der Waals surface area contributed by atoms with Crippen LogP contribution in [0.5, 0.6) is 5.88 Å². The van der Waals surface area contributed by atoms with Crippen molar-refractivity contribution in [2.45, 2.75) is 40.3 Å². The van der Waals surface area contributed by atoms with E-state index in [1.54, 1.807) is 12.3 Å². The summed E-state index contributed by atoms with van der Waals surface area (Å²) in [6.07, 6.45) is 14.7. The van der Waals surface area contributed by atoms with Crippen molar-refractivity contribution in [2.75, 3.05) is 6.54 Å². The Hall–Kier alpha value is -4.34. The van der Waals surface area contributed by atoms with Gasteiger partial charge in [-0.05, 0) is 50.6 Å². The van der Waals surface area contributed by atoms with Gasteiger partial charge in [-0.1, -0.05) is 55.0 Å². The second kappa shape index (κ2) is 16.4. The fourth-order valence-corrected chi connectivity index (χ4v) is 3.51. The van der Waals surface area contributed by atoms with Gasteiger partial charge in [-0.2, -0.15) is 0 Å². The van der Waals surface area contributed by atoms with Gasteiger partial charge in [0.05, 0.1) is 17.1 Å². The van der Waals surface area contributed by atoms with E-state index in [-0.39, 0.29) is 0 Å². The Labute approximate surface area is 220 Å². The number of hydrogen-bond acceptors (Lipinski definition) is 6. The van der Waals surface area contributed by atoms with Crippen LogP contribution < -0.4 is 10.1 Å². The standard InChI is InChI=1S/C26H27N5O.C3H6.C2H2/c1-3-19(4-2)16-27-17-20-10-9-11-21(29-20)18-32-26-23-13-6-5-12-22(23)25(30-31-26)24-14-7-8-15-28-24;1-3-2;1-2/h3,5-15,27H,4,16-18H2,1-2H3;3H,1H2,2H3;1-2H/b19-3+;;.